The molecule has 6 N–H and O–H groups in total. The fourth-order valence-electron chi connectivity index (χ4n) is 5.45. The summed E-state index contributed by atoms with van der Waals surface area (Å²) in [7, 11) is 1.46. The second kappa shape index (κ2) is 21.0. The number of azo groups is 1. The van der Waals surface area contributed by atoms with Gasteiger partial charge in [-0.15, -0.1) is 4.33 Å². The first-order valence-electron chi connectivity index (χ1n) is 17.4. The Morgan fingerprint density at radius 2 is 1.40 bits per heavy atom. The van der Waals surface area contributed by atoms with Gasteiger partial charge < -0.3 is 36.2 Å². The zero-order chi connectivity index (χ0) is 37.3. The average molecular weight is 736 g/mol. The van der Waals surface area contributed by atoms with Gasteiger partial charge in [0.1, 0.15) is 5.69 Å². The van der Waals surface area contributed by atoms with E-state index in [1.807, 2.05) is 0 Å². The lowest BCUT2D eigenvalue weighted by atomic mass is 10.1. The van der Waals surface area contributed by atoms with E-state index in [1.54, 1.807) is 48.5 Å². The monoisotopic (exact) mass is 735 g/mol. The summed E-state index contributed by atoms with van der Waals surface area (Å²) in [6.45, 7) is 16.1. The number of aromatic nitrogens is 3. The molecule has 1 amide bonds. The molecule has 3 aromatic carbocycles. The molecule has 0 bridgehead atoms. The molecule has 1 aromatic heterocycles. The van der Waals surface area contributed by atoms with Crippen LogP contribution < -0.4 is 21.3 Å². The van der Waals surface area contributed by atoms with E-state index >= 15 is 0 Å². The molecule has 0 spiro atoms. The van der Waals surface area contributed by atoms with Gasteiger partial charge in [0, 0.05) is 42.5 Å². The van der Waals surface area contributed by atoms with Gasteiger partial charge in [-0.1, -0.05) is 32.7 Å². The Bertz CT molecular complexity index is 1720. The number of phenols is 1. The Morgan fingerprint density at radius 3 is 1.96 bits per heavy atom. The molecule has 17 heteroatoms. The molecule has 16 nitrogen and oxygen atoms in total. The summed E-state index contributed by atoms with van der Waals surface area (Å²) in [5.41, 5.74) is 1.77. The van der Waals surface area contributed by atoms with E-state index in [-0.39, 0.29) is 17.3 Å². The van der Waals surface area contributed by atoms with Gasteiger partial charge in [0.05, 0.1) is 16.9 Å². The maximum atomic E-state index is 13.2. The normalized spacial score (nSPS) is 11.5. The average Bonchev–Trinajstić information content (AvgIpc) is 3.15. The van der Waals surface area contributed by atoms with Crippen molar-refractivity contribution >= 4 is 63.6 Å². The molecular weight excluding hydrogens is 687 g/mol. The number of benzene rings is 3. The molecule has 0 saturated heterocycles. The quantitative estimate of drug-likeness (QED) is 0.0157. The van der Waals surface area contributed by atoms with Gasteiger partial charge >= 0.3 is 0 Å². The Kier molecular flexibility index (Phi) is 16.2. The number of amides is 1. The molecule has 1 heterocycles. The van der Waals surface area contributed by atoms with Gasteiger partial charge in [-0.3, -0.25) is 4.79 Å². The molecular formula is C35H49N11O5S. The fourth-order valence-corrected chi connectivity index (χ4v) is 5.95. The topological polar surface area (TPSA) is 194 Å². The highest BCUT2D eigenvalue weighted by Gasteiger charge is 2.16. The van der Waals surface area contributed by atoms with Crippen LogP contribution in [0.4, 0.5) is 34.9 Å². The zero-order valence-corrected chi connectivity index (χ0v) is 31.2. The highest BCUT2D eigenvalue weighted by atomic mass is 32.2. The summed E-state index contributed by atoms with van der Waals surface area (Å²) < 4.78 is 4.55. The number of hydrogen-bond acceptors (Lipinski definition) is 16. The summed E-state index contributed by atoms with van der Waals surface area (Å²) in [6.07, 6.45) is 1.91. The molecule has 52 heavy (non-hydrogen) atoms. The predicted molar refractivity (Wildman–Crippen MR) is 206 cm³/mol. The van der Waals surface area contributed by atoms with Crippen LogP contribution in [0.15, 0.2) is 63.7 Å². The minimum Gasteiger partial charge on any atom is -0.505 e. The molecule has 0 aliphatic carbocycles. The third-order valence-corrected chi connectivity index (χ3v) is 8.98. The minimum absolute atomic E-state index is 0.136. The Hall–Kier alpha value is -4.65. The van der Waals surface area contributed by atoms with E-state index in [1.165, 1.54) is 7.05 Å². The Labute approximate surface area is 308 Å². The zero-order valence-electron chi connectivity index (χ0n) is 30.3. The number of hydrogen-bond donors (Lipinski definition) is 6. The largest absolute Gasteiger partial charge is 0.505 e. The first-order valence-corrected chi connectivity index (χ1v) is 18.2. The van der Waals surface area contributed by atoms with Crippen LogP contribution >= 0.6 is 12.0 Å². The lowest BCUT2D eigenvalue weighted by Crippen LogP contribution is -2.26. The van der Waals surface area contributed by atoms with E-state index in [4.69, 9.17) is 5.26 Å². The number of fused-ring (bicyclic) bond motifs is 1. The highest BCUT2D eigenvalue weighted by Crippen LogP contribution is 2.44. The second-order valence-electron chi connectivity index (χ2n) is 11.6. The summed E-state index contributed by atoms with van der Waals surface area (Å²) in [6, 6.07) is 13.7. The van der Waals surface area contributed by atoms with Crippen molar-refractivity contribution < 1.29 is 24.5 Å². The predicted octanol–water partition coefficient (Wildman–Crippen LogP) is 7.16. The number of anilines is 5. The SMILES string of the molecule is CCN(CC)CCCNc1nc(NCCCN(CC)CC)nc(Nc2ccc(C(=O)Nc3ccc4c(O)c(N=NC)c(SOOO)cc4c3)cc2)n1. The van der Waals surface area contributed by atoms with Crippen molar-refractivity contribution in [2.75, 3.05) is 80.7 Å². The third-order valence-electron chi connectivity index (χ3n) is 8.36. The van der Waals surface area contributed by atoms with Gasteiger partial charge in [-0.2, -0.15) is 25.2 Å². The van der Waals surface area contributed by atoms with Crippen LogP contribution in [0.2, 0.25) is 0 Å². The Morgan fingerprint density at radius 1 is 0.827 bits per heavy atom. The van der Waals surface area contributed by atoms with Gasteiger partial charge in [0.2, 0.25) is 17.8 Å². The smallest absolute Gasteiger partial charge is 0.255 e. The summed E-state index contributed by atoms with van der Waals surface area (Å²) in [5, 5.41) is 44.7. The van der Waals surface area contributed by atoms with Crippen LogP contribution in [0.25, 0.3) is 10.8 Å². The third kappa shape index (κ3) is 11.7. The summed E-state index contributed by atoms with van der Waals surface area (Å²) >= 11 is 0.647. The van der Waals surface area contributed by atoms with Crippen LogP contribution in [-0.2, 0) is 9.37 Å². The van der Waals surface area contributed by atoms with Crippen molar-refractivity contribution in [1.29, 1.82) is 0 Å². The summed E-state index contributed by atoms with van der Waals surface area (Å²) in [4.78, 5) is 32.1. The van der Waals surface area contributed by atoms with E-state index < -0.39 is 0 Å². The summed E-state index contributed by atoms with van der Waals surface area (Å²) in [5.74, 6) is 0.873. The molecule has 0 unspecified atom stereocenters. The van der Waals surface area contributed by atoms with Crippen molar-refractivity contribution in [3.05, 3.63) is 54.1 Å². The number of carbonyl (C=O) groups is 1. The van der Waals surface area contributed by atoms with Crippen LogP contribution in [0, 0.1) is 0 Å². The lowest BCUT2D eigenvalue weighted by Gasteiger charge is -2.18. The second-order valence-corrected chi connectivity index (χ2v) is 12.4. The van der Waals surface area contributed by atoms with Crippen molar-refractivity contribution in [3.8, 4) is 5.75 Å². The standard InChI is InChI=1S/C35H49N11O5S/c1-6-45(7-2)20-10-18-37-33-41-34(38-19-11-21-46(8-3)9-4)43-35(42-33)40-26-14-12-24(13-15-26)32(48)39-27-16-17-28-25(22-27)23-29(52-51-50-49)30(31(28)47)44-36-5/h12-17,22-23,47,49H,6-11,18-21H2,1-5H3,(H,39,48)(H3,37,38,40,41,42,43). The van der Waals surface area contributed by atoms with Gasteiger partial charge in [-0.25, -0.2) is 5.26 Å². The molecule has 0 saturated carbocycles. The minimum atomic E-state index is -0.328. The van der Waals surface area contributed by atoms with E-state index in [9.17, 15) is 9.90 Å². The van der Waals surface area contributed by atoms with Crippen molar-refractivity contribution in [2.45, 2.75) is 45.4 Å². The van der Waals surface area contributed by atoms with Crippen molar-refractivity contribution in [1.82, 2.24) is 24.8 Å². The van der Waals surface area contributed by atoms with Gasteiger partial charge in [-0.05, 0) is 106 Å². The molecule has 0 atom stereocenters. The Balaban J connectivity index is 1.44. The number of rotatable bonds is 22. The molecule has 0 aliphatic rings. The van der Waals surface area contributed by atoms with Crippen molar-refractivity contribution in [3.63, 3.8) is 0 Å². The maximum absolute atomic E-state index is 13.2. The van der Waals surface area contributed by atoms with Crippen LogP contribution in [0.5, 0.6) is 5.75 Å². The first-order chi connectivity index (χ1) is 25.3. The number of phenolic OH excluding ortho intramolecular Hbond substituents is 1. The molecule has 4 rings (SSSR count). The number of carbonyl (C=O) groups excluding carboxylic acids is 1. The first kappa shape index (κ1) is 40.1. The molecule has 0 aliphatic heterocycles. The molecule has 0 fully saturated rings. The van der Waals surface area contributed by atoms with Crippen LogP contribution in [0.3, 0.4) is 0 Å². The van der Waals surface area contributed by atoms with Crippen LogP contribution in [0.1, 0.15) is 50.9 Å². The van der Waals surface area contributed by atoms with E-state index in [2.05, 4.69) is 93.3 Å². The molecule has 0 radical (unpaired) electrons. The van der Waals surface area contributed by atoms with Gasteiger partial charge in [0.25, 0.3) is 5.91 Å². The fraction of sp³-hybridized carbons (Fsp3) is 0.429. The maximum Gasteiger partial charge on any atom is 0.255 e. The molecule has 4 aromatic rings. The highest BCUT2D eigenvalue weighted by molar-refractivity contribution is 7.94. The molecule has 280 valence electrons. The van der Waals surface area contributed by atoms with Crippen LogP contribution in [-0.4, -0.2) is 100 Å². The number of nitrogens with one attached hydrogen (secondary N) is 4. The van der Waals surface area contributed by atoms with E-state index in [0.717, 1.165) is 65.2 Å². The van der Waals surface area contributed by atoms with Crippen molar-refractivity contribution in [2.24, 2.45) is 10.2 Å². The lowest BCUT2D eigenvalue weighted by molar-refractivity contribution is -0.432. The number of aromatic hydroxyl groups is 1. The van der Waals surface area contributed by atoms with Gasteiger partial charge in [0.15, 0.2) is 5.75 Å². The van der Waals surface area contributed by atoms with E-state index in [0.29, 0.717) is 62.5 Å². The number of nitrogens with zero attached hydrogens (tertiary/aromatic N) is 7.